The molecule has 1 saturated carbocycles. The summed E-state index contributed by atoms with van der Waals surface area (Å²) in [5.41, 5.74) is 4.26. The van der Waals surface area contributed by atoms with E-state index in [1.165, 1.54) is 50.5 Å². The third-order valence-electron chi connectivity index (χ3n) is 6.02. The second kappa shape index (κ2) is 10.0. The lowest BCUT2D eigenvalue weighted by Crippen LogP contribution is -2.31. The summed E-state index contributed by atoms with van der Waals surface area (Å²) in [6, 6.07) is 6.99. The van der Waals surface area contributed by atoms with Crippen LogP contribution in [0.4, 0.5) is 0 Å². The van der Waals surface area contributed by atoms with Crippen LogP contribution in [0.15, 0.2) is 24.4 Å². The number of nitrogens with zero attached hydrogens (tertiary/aromatic N) is 3. The van der Waals surface area contributed by atoms with Gasteiger partial charge in [0.05, 0.1) is 25.4 Å². The molecule has 2 aliphatic rings. The van der Waals surface area contributed by atoms with E-state index in [4.69, 9.17) is 4.74 Å². The van der Waals surface area contributed by atoms with E-state index >= 15 is 0 Å². The number of aryl methyl sites for hydroxylation is 1. The molecule has 154 valence electrons. The Hall–Kier alpha value is -2.16. The molecule has 2 fully saturated rings. The summed E-state index contributed by atoms with van der Waals surface area (Å²) in [6.45, 7) is 4.53. The minimum absolute atomic E-state index is 0.263. The van der Waals surface area contributed by atoms with Crippen molar-refractivity contribution in [1.82, 2.24) is 20.3 Å². The van der Waals surface area contributed by atoms with Crippen LogP contribution < -0.4 is 5.32 Å². The largest absolute Gasteiger partial charge is 0.376 e. The molecular formula is C24H32N4O. The SMILES string of the molecule is Cc1cc(C#CCNC2CCCCC2)ccc1-c1cn(C[C@H]2CCCCO2)nn1. The molecule has 5 nitrogen and oxygen atoms in total. The monoisotopic (exact) mass is 392 g/mol. The van der Waals surface area contributed by atoms with E-state index in [1.54, 1.807) is 0 Å². The summed E-state index contributed by atoms with van der Waals surface area (Å²) in [7, 11) is 0. The average molecular weight is 393 g/mol. The van der Waals surface area contributed by atoms with Crippen molar-refractivity contribution in [3.63, 3.8) is 0 Å². The van der Waals surface area contributed by atoms with Crippen LogP contribution in [0, 0.1) is 18.8 Å². The summed E-state index contributed by atoms with van der Waals surface area (Å²) >= 11 is 0. The molecule has 5 heteroatoms. The maximum absolute atomic E-state index is 5.81. The Morgan fingerprint density at radius 1 is 1.14 bits per heavy atom. The lowest BCUT2D eigenvalue weighted by Gasteiger charge is -2.21. The Morgan fingerprint density at radius 2 is 2.00 bits per heavy atom. The van der Waals surface area contributed by atoms with Gasteiger partial charge in [0.2, 0.25) is 0 Å². The molecule has 2 aromatic rings. The Labute approximate surface area is 174 Å². The van der Waals surface area contributed by atoms with Gasteiger partial charge in [-0.25, -0.2) is 4.68 Å². The van der Waals surface area contributed by atoms with Gasteiger partial charge >= 0.3 is 0 Å². The predicted molar refractivity (Wildman–Crippen MR) is 116 cm³/mol. The Bertz CT molecular complexity index is 851. The molecule has 0 amide bonds. The van der Waals surface area contributed by atoms with Gasteiger partial charge in [-0.05, 0) is 56.7 Å². The molecule has 0 unspecified atom stereocenters. The molecule has 29 heavy (non-hydrogen) atoms. The fourth-order valence-corrected chi connectivity index (χ4v) is 4.35. The van der Waals surface area contributed by atoms with E-state index in [9.17, 15) is 0 Å². The van der Waals surface area contributed by atoms with Crippen molar-refractivity contribution in [3.05, 3.63) is 35.5 Å². The number of hydrogen-bond acceptors (Lipinski definition) is 4. The Kier molecular flexibility index (Phi) is 6.97. The molecule has 1 aromatic heterocycles. The Morgan fingerprint density at radius 3 is 2.79 bits per heavy atom. The number of benzene rings is 1. The van der Waals surface area contributed by atoms with Crippen LogP contribution in [0.5, 0.6) is 0 Å². The summed E-state index contributed by atoms with van der Waals surface area (Å²) in [5, 5.41) is 12.3. The van der Waals surface area contributed by atoms with Gasteiger partial charge in [-0.2, -0.15) is 0 Å². The number of aromatic nitrogens is 3. The van der Waals surface area contributed by atoms with Gasteiger partial charge in [0.1, 0.15) is 5.69 Å². The average Bonchev–Trinajstić information content (AvgIpc) is 3.21. The van der Waals surface area contributed by atoms with E-state index in [-0.39, 0.29) is 6.10 Å². The fourth-order valence-electron chi connectivity index (χ4n) is 4.35. The van der Waals surface area contributed by atoms with E-state index in [0.29, 0.717) is 6.04 Å². The second-order valence-electron chi connectivity index (χ2n) is 8.36. The van der Waals surface area contributed by atoms with Crippen molar-refractivity contribution >= 4 is 0 Å². The first kappa shape index (κ1) is 20.1. The summed E-state index contributed by atoms with van der Waals surface area (Å²) in [4.78, 5) is 0. The lowest BCUT2D eigenvalue weighted by molar-refractivity contribution is 0.00370. The van der Waals surface area contributed by atoms with Crippen LogP contribution in [0.25, 0.3) is 11.3 Å². The van der Waals surface area contributed by atoms with Crippen LogP contribution in [0.3, 0.4) is 0 Å². The lowest BCUT2D eigenvalue weighted by atomic mass is 9.95. The minimum atomic E-state index is 0.263. The molecule has 1 atom stereocenters. The normalized spacial score (nSPS) is 20.2. The number of rotatable bonds is 5. The summed E-state index contributed by atoms with van der Waals surface area (Å²) in [5.74, 6) is 6.57. The summed E-state index contributed by atoms with van der Waals surface area (Å²) in [6.07, 6.45) is 12.5. The van der Waals surface area contributed by atoms with Crippen LogP contribution >= 0.6 is 0 Å². The Balaban J connectivity index is 1.34. The quantitative estimate of drug-likeness (QED) is 0.779. The zero-order valence-corrected chi connectivity index (χ0v) is 17.5. The van der Waals surface area contributed by atoms with Crippen molar-refractivity contribution in [1.29, 1.82) is 0 Å². The predicted octanol–water partition coefficient (Wildman–Crippen LogP) is 4.10. The van der Waals surface area contributed by atoms with Gasteiger partial charge < -0.3 is 10.1 Å². The molecule has 0 bridgehead atoms. The number of nitrogens with one attached hydrogen (secondary N) is 1. The van der Waals surface area contributed by atoms with E-state index in [2.05, 4.69) is 52.6 Å². The smallest absolute Gasteiger partial charge is 0.113 e. The minimum Gasteiger partial charge on any atom is -0.376 e. The first-order valence-corrected chi connectivity index (χ1v) is 11.1. The van der Waals surface area contributed by atoms with Gasteiger partial charge in [-0.3, -0.25) is 0 Å². The van der Waals surface area contributed by atoms with E-state index in [1.807, 2.05) is 10.9 Å². The highest BCUT2D eigenvalue weighted by atomic mass is 16.5. The van der Waals surface area contributed by atoms with Gasteiger partial charge in [0, 0.05) is 23.8 Å². The van der Waals surface area contributed by atoms with Crippen molar-refractivity contribution in [2.75, 3.05) is 13.2 Å². The van der Waals surface area contributed by atoms with Crippen LogP contribution in [0.1, 0.15) is 62.5 Å². The second-order valence-corrected chi connectivity index (χ2v) is 8.36. The third-order valence-corrected chi connectivity index (χ3v) is 6.02. The first-order valence-electron chi connectivity index (χ1n) is 11.1. The number of hydrogen-bond donors (Lipinski definition) is 1. The highest BCUT2D eigenvalue weighted by molar-refractivity contribution is 5.64. The van der Waals surface area contributed by atoms with E-state index < -0.39 is 0 Å². The topological polar surface area (TPSA) is 52.0 Å². The molecule has 2 heterocycles. The zero-order chi connectivity index (χ0) is 19.9. The molecule has 1 N–H and O–H groups in total. The highest BCUT2D eigenvalue weighted by Crippen LogP contribution is 2.23. The molecule has 1 aromatic carbocycles. The maximum atomic E-state index is 5.81. The zero-order valence-electron chi connectivity index (χ0n) is 17.5. The molecule has 4 rings (SSSR count). The van der Waals surface area contributed by atoms with Crippen molar-refractivity contribution in [3.8, 4) is 23.1 Å². The van der Waals surface area contributed by atoms with E-state index in [0.717, 1.165) is 42.9 Å². The fraction of sp³-hybridized carbons (Fsp3) is 0.583. The maximum Gasteiger partial charge on any atom is 0.113 e. The van der Waals surface area contributed by atoms with Crippen molar-refractivity contribution in [2.45, 2.75) is 77.0 Å². The van der Waals surface area contributed by atoms with Gasteiger partial charge in [0.15, 0.2) is 0 Å². The van der Waals surface area contributed by atoms with Crippen LogP contribution in [-0.4, -0.2) is 40.3 Å². The molecular weight excluding hydrogens is 360 g/mol. The van der Waals surface area contributed by atoms with Crippen LogP contribution in [0.2, 0.25) is 0 Å². The molecule has 0 spiro atoms. The molecule has 1 saturated heterocycles. The third kappa shape index (κ3) is 5.68. The molecule has 1 aliphatic heterocycles. The molecule has 1 aliphatic carbocycles. The van der Waals surface area contributed by atoms with Crippen molar-refractivity contribution in [2.24, 2.45) is 0 Å². The molecule has 0 radical (unpaired) electrons. The first-order chi connectivity index (χ1) is 14.3. The number of ether oxygens (including phenoxy) is 1. The van der Waals surface area contributed by atoms with Gasteiger partial charge in [-0.1, -0.05) is 42.4 Å². The highest BCUT2D eigenvalue weighted by Gasteiger charge is 2.16. The summed E-state index contributed by atoms with van der Waals surface area (Å²) < 4.78 is 7.72. The van der Waals surface area contributed by atoms with Crippen molar-refractivity contribution < 1.29 is 4.74 Å². The van der Waals surface area contributed by atoms with Gasteiger partial charge in [-0.15, -0.1) is 5.10 Å². The van der Waals surface area contributed by atoms with Crippen LogP contribution in [-0.2, 0) is 11.3 Å². The van der Waals surface area contributed by atoms with Gasteiger partial charge in [0.25, 0.3) is 0 Å². The standard InChI is InChI=1S/C24H32N4O/c1-19-16-20(8-7-14-25-21-9-3-2-4-10-21)12-13-23(19)24-18-28(27-26-24)17-22-11-5-6-15-29-22/h12-13,16,18,21-22,25H,2-6,9-11,14-15,17H2,1H3/t22-/m1/s1.